The van der Waals surface area contributed by atoms with Crippen LogP contribution in [0.15, 0.2) is 23.1 Å². The Balaban J connectivity index is 1.66. The number of carbonyl (C=O) groups is 2. The zero-order valence-corrected chi connectivity index (χ0v) is 21.8. The lowest BCUT2D eigenvalue weighted by atomic mass is 10.1. The van der Waals surface area contributed by atoms with E-state index < -0.39 is 5.92 Å². The Morgan fingerprint density at radius 3 is 2.41 bits per heavy atom. The lowest BCUT2D eigenvalue weighted by molar-refractivity contribution is -0.112. The number of hydrogen-bond acceptors (Lipinski definition) is 5. The molecule has 0 aliphatic carbocycles. The van der Waals surface area contributed by atoms with E-state index in [1.807, 2.05) is 24.1 Å². The summed E-state index contributed by atoms with van der Waals surface area (Å²) in [6.07, 6.45) is 10.6. The van der Waals surface area contributed by atoms with Crippen LogP contribution in [0.4, 0.5) is 8.78 Å². The minimum absolute atomic E-state index is 0.00876. The van der Waals surface area contributed by atoms with Gasteiger partial charge in [0, 0.05) is 42.9 Å². The van der Waals surface area contributed by atoms with Gasteiger partial charge in [0.1, 0.15) is 12.6 Å². The highest BCUT2D eigenvalue weighted by molar-refractivity contribution is 7.99. The molecular formula is C27H42F2N2O2S. The Kier molecular flexibility index (Phi) is 13.3. The van der Waals surface area contributed by atoms with E-state index in [4.69, 9.17) is 0 Å². The normalized spacial score (nSPS) is 17.1. The first-order valence-corrected chi connectivity index (χ1v) is 13.8. The molecule has 1 aliphatic heterocycles. The molecule has 1 aliphatic rings. The van der Waals surface area contributed by atoms with Gasteiger partial charge in [-0.25, -0.2) is 8.78 Å². The summed E-state index contributed by atoms with van der Waals surface area (Å²) >= 11 is 1.80. The van der Waals surface area contributed by atoms with Gasteiger partial charge in [-0.2, -0.15) is 0 Å². The predicted octanol–water partition coefficient (Wildman–Crippen LogP) is 6.46. The number of halogens is 2. The number of nitrogens with zero attached hydrogens (tertiary/aromatic N) is 2. The molecule has 0 amide bonds. The third-order valence-electron chi connectivity index (χ3n) is 6.73. The fourth-order valence-electron chi connectivity index (χ4n) is 4.48. The molecule has 0 N–H and O–H groups in total. The van der Waals surface area contributed by atoms with Crippen LogP contribution < -0.4 is 0 Å². The fourth-order valence-corrected chi connectivity index (χ4v) is 5.58. The average molecular weight is 497 g/mol. The molecule has 2 rings (SSSR count). The quantitative estimate of drug-likeness (QED) is 0.141. The molecule has 1 atom stereocenters. The van der Waals surface area contributed by atoms with Gasteiger partial charge in [0.25, 0.3) is 5.92 Å². The average Bonchev–Trinajstić information content (AvgIpc) is 2.82. The second-order valence-corrected chi connectivity index (χ2v) is 10.7. The first kappa shape index (κ1) is 28.9. The number of likely N-dealkylation sites (tertiary alicyclic amines) is 1. The monoisotopic (exact) mass is 496 g/mol. The molecule has 192 valence electrons. The van der Waals surface area contributed by atoms with Crippen molar-refractivity contribution in [3.8, 4) is 0 Å². The Morgan fingerprint density at radius 1 is 1.09 bits per heavy atom. The van der Waals surface area contributed by atoms with E-state index in [0.717, 1.165) is 67.4 Å². The van der Waals surface area contributed by atoms with Crippen LogP contribution in [0.2, 0.25) is 0 Å². The number of alkyl halides is 2. The molecule has 1 saturated heterocycles. The van der Waals surface area contributed by atoms with Crippen molar-refractivity contribution in [3.63, 3.8) is 0 Å². The second-order valence-electron chi connectivity index (χ2n) is 9.52. The van der Waals surface area contributed by atoms with E-state index >= 15 is 0 Å². The van der Waals surface area contributed by atoms with Crippen molar-refractivity contribution < 1.29 is 18.4 Å². The van der Waals surface area contributed by atoms with Gasteiger partial charge in [-0.05, 0) is 50.2 Å². The summed E-state index contributed by atoms with van der Waals surface area (Å²) in [5, 5.41) is 0. The third-order valence-corrected chi connectivity index (χ3v) is 7.91. The zero-order valence-electron chi connectivity index (χ0n) is 20.9. The van der Waals surface area contributed by atoms with Crippen molar-refractivity contribution in [1.82, 2.24) is 9.80 Å². The highest BCUT2D eigenvalue weighted by Crippen LogP contribution is 2.29. The molecule has 1 unspecified atom stereocenters. The summed E-state index contributed by atoms with van der Waals surface area (Å²) in [7, 11) is 1.95. The molecule has 0 saturated carbocycles. The lowest BCUT2D eigenvalue weighted by Gasteiger charge is -2.31. The molecule has 0 radical (unpaired) electrons. The third kappa shape index (κ3) is 10.1. The van der Waals surface area contributed by atoms with Gasteiger partial charge in [0.15, 0.2) is 0 Å². The predicted molar refractivity (Wildman–Crippen MR) is 137 cm³/mol. The van der Waals surface area contributed by atoms with Gasteiger partial charge in [-0.3, -0.25) is 9.69 Å². The van der Waals surface area contributed by atoms with Gasteiger partial charge in [0.2, 0.25) is 0 Å². The number of hydrogen-bond donors (Lipinski definition) is 0. The van der Waals surface area contributed by atoms with Crippen LogP contribution in [-0.2, 0) is 11.3 Å². The Hall–Kier alpha value is -1.31. The summed E-state index contributed by atoms with van der Waals surface area (Å²) in [5.41, 5.74) is 1.72. The zero-order chi connectivity index (χ0) is 24.8. The Morgan fingerprint density at radius 2 is 1.76 bits per heavy atom. The van der Waals surface area contributed by atoms with Crippen LogP contribution in [-0.4, -0.2) is 66.8 Å². The smallest absolute Gasteiger partial charge is 0.250 e. The lowest BCUT2D eigenvalue weighted by Crippen LogP contribution is -2.39. The molecule has 7 heteroatoms. The van der Waals surface area contributed by atoms with Crippen LogP contribution >= 0.6 is 11.8 Å². The first-order chi connectivity index (χ1) is 16.4. The molecule has 1 heterocycles. The van der Waals surface area contributed by atoms with Crippen molar-refractivity contribution in [2.75, 3.05) is 32.4 Å². The van der Waals surface area contributed by atoms with E-state index in [9.17, 15) is 18.4 Å². The maximum Gasteiger partial charge on any atom is 0.250 e. The Labute approximate surface area is 208 Å². The molecular weight excluding hydrogens is 454 g/mol. The number of unbranched alkanes of at least 4 members (excludes halogenated alkanes) is 5. The van der Waals surface area contributed by atoms with Crippen molar-refractivity contribution in [1.29, 1.82) is 0 Å². The number of piperidine rings is 1. The highest BCUT2D eigenvalue weighted by Gasteiger charge is 2.33. The second kappa shape index (κ2) is 15.6. The molecule has 0 bridgehead atoms. The number of rotatable bonds is 17. The summed E-state index contributed by atoms with van der Waals surface area (Å²) in [4.78, 5) is 28.4. The van der Waals surface area contributed by atoms with E-state index in [0.29, 0.717) is 25.2 Å². The van der Waals surface area contributed by atoms with Crippen LogP contribution in [0.3, 0.4) is 0 Å². The number of benzene rings is 1. The molecule has 1 aromatic carbocycles. The van der Waals surface area contributed by atoms with E-state index in [2.05, 4.69) is 17.9 Å². The van der Waals surface area contributed by atoms with Gasteiger partial charge in [-0.15, -0.1) is 11.8 Å². The van der Waals surface area contributed by atoms with Crippen LogP contribution in [0.1, 0.15) is 87.1 Å². The van der Waals surface area contributed by atoms with Gasteiger partial charge >= 0.3 is 0 Å². The largest absolute Gasteiger partial charge is 0.303 e. The van der Waals surface area contributed by atoms with Gasteiger partial charge in [0.05, 0.1) is 6.04 Å². The molecule has 1 aromatic rings. The van der Waals surface area contributed by atoms with E-state index in [-0.39, 0.29) is 18.9 Å². The number of thioether (sulfide) groups is 1. The first-order valence-electron chi connectivity index (χ1n) is 12.9. The van der Waals surface area contributed by atoms with Crippen molar-refractivity contribution in [2.45, 2.75) is 94.5 Å². The summed E-state index contributed by atoms with van der Waals surface area (Å²) in [6, 6.07) is 5.74. The number of likely N-dealkylation sites (N-methyl/N-ethyl adjacent to an activating group) is 1. The van der Waals surface area contributed by atoms with Crippen molar-refractivity contribution >= 4 is 24.3 Å². The summed E-state index contributed by atoms with van der Waals surface area (Å²) < 4.78 is 26.4. The molecule has 0 spiro atoms. The van der Waals surface area contributed by atoms with Crippen LogP contribution in [0, 0.1) is 0 Å². The van der Waals surface area contributed by atoms with Crippen LogP contribution in [0.25, 0.3) is 0 Å². The summed E-state index contributed by atoms with van der Waals surface area (Å²) in [5.74, 6) is -1.44. The maximum atomic E-state index is 13.2. The van der Waals surface area contributed by atoms with Crippen molar-refractivity contribution in [2.24, 2.45) is 0 Å². The van der Waals surface area contributed by atoms with E-state index in [1.165, 1.54) is 19.3 Å². The summed E-state index contributed by atoms with van der Waals surface area (Å²) in [6.45, 7) is 4.67. The SMILES string of the molecule is CCCC(C=O)N(C)Cc1c(C=O)cccc1SCCCCCCCCN1CCC(F)(F)CC1. The molecule has 4 nitrogen and oxygen atoms in total. The van der Waals surface area contributed by atoms with E-state index in [1.54, 1.807) is 11.8 Å². The Bertz CT molecular complexity index is 737. The van der Waals surface area contributed by atoms with Gasteiger partial charge < -0.3 is 9.69 Å². The topological polar surface area (TPSA) is 40.6 Å². The fraction of sp³-hybridized carbons (Fsp3) is 0.704. The maximum absolute atomic E-state index is 13.2. The minimum Gasteiger partial charge on any atom is -0.303 e. The standard InChI is InChI=1S/C27H42F2N2O2S/c1-3-11-24(22-33)30(2)20-25-23(21-32)12-10-13-26(25)34-19-9-7-5-4-6-8-16-31-17-14-27(28,29)15-18-31/h10,12-13,21-22,24H,3-9,11,14-20H2,1-2H3. The number of carbonyl (C=O) groups excluding carboxylic acids is 2. The highest BCUT2D eigenvalue weighted by atomic mass is 32.2. The minimum atomic E-state index is -2.45. The molecule has 34 heavy (non-hydrogen) atoms. The molecule has 0 aromatic heterocycles. The molecule has 1 fully saturated rings. The van der Waals surface area contributed by atoms with Gasteiger partial charge in [-0.1, -0.05) is 51.2 Å². The number of aldehydes is 2. The van der Waals surface area contributed by atoms with Crippen molar-refractivity contribution in [3.05, 3.63) is 29.3 Å². The van der Waals surface area contributed by atoms with Crippen LogP contribution in [0.5, 0.6) is 0 Å².